The van der Waals surface area contributed by atoms with Crippen LogP contribution in [0.1, 0.15) is 35.0 Å². The van der Waals surface area contributed by atoms with Crippen LogP contribution in [0.3, 0.4) is 0 Å². The van der Waals surface area contributed by atoms with Crippen molar-refractivity contribution in [2.75, 3.05) is 18.0 Å². The molecule has 1 aliphatic rings. The van der Waals surface area contributed by atoms with Gasteiger partial charge in [-0.05, 0) is 37.1 Å². The number of hydrogen-bond acceptors (Lipinski definition) is 6. The van der Waals surface area contributed by atoms with Gasteiger partial charge in [0.15, 0.2) is 0 Å². The Morgan fingerprint density at radius 2 is 2.15 bits per heavy atom. The molecule has 1 atom stereocenters. The van der Waals surface area contributed by atoms with Gasteiger partial charge in [-0.15, -0.1) is 0 Å². The van der Waals surface area contributed by atoms with Crippen LogP contribution in [0.5, 0.6) is 0 Å². The molecule has 1 fully saturated rings. The molecule has 0 spiro atoms. The number of nitrogens with zero attached hydrogens (tertiary/aromatic N) is 4. The van der Waals surface area contributed by atoms with Crippen LogP contribution >= 0.6 is 0 Å². The average Bonchev–Trinajstić information content (AvgIpc) is 3.19. The van der Waals surface area contributed by atoms with Gasteiger partial charge in [0, 0.05) is 24.8 Å². The van der Waals surface area contributed by atoms with Gasteiger partial charge < -0.3 is 14.5 Å². The molecule has 1 saturated heterocycles. The van der Waals surface area contributed by atoms with Gasteiger partial charge in [-0.25, -0.2) is 9.78 Å². The van der Waals surface area contributed by atoms with Crippen LogP contribution in [0.15, 0.2) is 53.2 Å². The lowest BCUT2D eigenvalue weighted by Crippen LogP contribution is -2.35. The highest BCUT2D eigenvalue weighted by Gasteiger charge is 2.27. The maximum Gasteiger partial charge on any atom is 0.335 e. The second kappa shape index (κ2) is 6.95. The second-order valence-corrected chi connectivity index (χ2v) is 6.32. The van der Waals surface area contributed by atoms with Crippen LogP contribution in [-0.2, 0) is 0 Å². The van der Waals surface area contributed by atoms with Gasteiger partial charge in [0.2, 0.25) is 11.7 Å². The van der Waals surface area contributed by atoms with E-state index in [1.165, 1.54) is 0 Å². The number of carbonyl (C=O) groups is 1. The van der Waals surface area contributed by atoms with E-state index >= 15 is 0 Å². The summed E-state index contributed by atoms with van der Waals surface area (Å²) < 4.78 is 5.49. The van der Waals surface area contributed by atoms with Crippen LogP contribution < -0.4 is 4.90 Å². The fourth-order valence-corrected chi connectivity index (χ4v) is 3.24. The van der Waals surface area contributed by atoms with E-state index in [1.807, 2.05) is 18.2 Å². The number of anilines is 1. The predicted octanol–water partition coefficient (Wildman–Crippen LogP) is 3.21. The Balaban J connectivity index is 1.54. The summed E-state index contributed by atoms with van der Waals surface area (Å²) >= 11 is 0. The van der Waals surface area contributed by atoms with Crippen molar-refractivity contribution in [2.45, 2.75) is 18.8 Å². The van der Waals surface area contributed by atoms with Crippen LogP contribution in [0.25, 0.3) is 11.4 Å². The van der Waals surface area contributed by atoms with Crippen LogP contribution in [-0.4, -0.2) is 39.3 Å². The van der Waals surface area contributed by atoms with E-state index in [0.29, 0.717) is 17.3 Å². The summed E-state index contributed by atoms with van der Waals surface area (Å²) in [6.45, 7) is 1.73. The number of carboxylic acids is 1. The molecule has 4 rings (SSSR count). The highest BCUT2D eigenvalue weighted by Crippen LogP contribution is 2.29. The zero-order chi connectivity index (χ0) is 17.9. The van der Waals surface area contributed by atoms with E-state index in [2.05, 4.69) is 20.0 Å². The first-order valence-electron chi connectivity index (χ1n) is 8.54. The van der Waals surface area contributed by atoms with Gasteiger partial charge in [-0.2, -0.15) is 4.98 Å². The van der Waals surface area contributed by atoms with Crippen LogP contribution in [0.4, 0.5) is 5.82 Å². The Kier molecular flexibility index (Phi) is 4.35. The van der Waals surface area contributed by atoms with Crippen molar-refractivity contribution in [2.24, 2.45) is 0 Å². The van der Waals surface area contributed by atoms with Gasteiger partial charge in [0.05, 0.1) is 11.5 Å². The summed E-state index contributed by atoms with van der Waals surface area (Å²) in [6.07, 6.45) is 3.78. The fourth-order valence-electron chi connectivity index (χ4n) is 3.24. The summed E-state index contributed by atoms with van der Waals surface area (Å²) in [5.74, 6) is 1.11. The van der Waals surface area contributed by atoms with E-state index in [0.717, 1.165) is 31.7 Å². The van der Waals surface area contributed by atoms with Gasteiger partial charge in [-0.3, -0.25) is 0 Å². The molecule has 3 heterocycles. The first-order valence-corrected chi connectivity index (χ1v) is 8.54. The lowest BCUT2D eigenvalue weighted by atomic mass is 9.98. The summed E-state index contributed by atoms with van der Waals surface area (Å²) in [7, 11) is 0. The number of benzene rings is 1. The minimum Gasteiger partial charge on any atom is -0.478 e. The van der Waals surface area contributed by atoms with Crippen LogP contribution in [0.2, 0.25) is 0 Å². The quantitative estimate of drug-likeness (QED) is 0.772. The number of carboxylic acid groups (broad SMARTS) is 1. The van der Waals surface area contributed by atoms with E-state index in [1.54, 1.807) is 30.5 Å². The summed E-state index contributed by atoms with van der Waals surface area (Å²) in [5, 5.41) is 13.2. The molecule has 3 aromatic rings. The smallest absolute Gasteiger partial charge is 0.335 e. The van der Waals surface area contributed by atoms with Crippen molar-refractivity contribution in [1.82, 2.24) is 15.1 Å². The topological polar surface area (TPSA) is 92.3 Å². The van der Waals surface area contributed by atoms with Crippen molar-refractivity contribution in [1.29, 1.82) is 0 Å². The van der Waals surface area contributed by atoms with Crippen LogP contribution in [0, 0.1) is 0 Å². The third kappa shape index (κ3) is 3.28. The van der Waals surface area contributed by atoms with Crippen molar-refractivity contribution in [3.63, 3.8) is 0 Å². The summed E-state index contributed by atoms with van der Waals surface area (Å²) in [6, 6.07) is 12.4. The highest BCUT2D eigenvalue weighted by molar-refractivity contribution is 5.89. The minimum atomic E-state index is -0.978. The van der Waals surface area contributed by atoms with Crippen molar-refractivity contribution in [3.05, 3.63) is 60.1 Å². The van der Waals surface area contributed by atoms with Gasteiger partial charge in [0.25, 0.3) is 0 Å². The van der Waals surface area contributed by atoms with E-state index in [-0.39, 0.29) is 11.5 Å². The number of rotatable bonds is 4. The molecule has 1 unspecified atom stereocenters. The van der Waals surface area contributed by atoms with Gasteiger partial charge in [-0.1, -0.05) is 23.4 Å². The molecule has 0 radical (unpaired) electrons. The second-order valence-electron chi connectivity index (χ2n) is 6.32. The number of aromatic nitrogens is 3. The third-order valence-electron chi connectivity index (χ3n) is 4.55. The molecular weight excluding hydrogens is 332 g/mol. The standard InChI is InChI=1S/C19H18N4O3/c24-19(25)14-6-3-5-13(11-14)17-21-18(26-22-17)15-7-4-10-23(12-15)16-8-1-2-9-20-16/h1-3,5-6,8-9,11,15H,4,7,10,12H2,(H,24,25). The Hall–Kier alpha value is -3.22. The molecule has 2 aromatic heterocycles. The van der Waals surface area contributed by atoms with Crippen molar-refractivity contribution >= 4 is 11.8 Å². The van der Waals surface area contributed by atoms with E-state index in [4.69, 9.17) is 9.63 Å². The Bertz CT molecular complexity index is 910. The van der Waals surface area contributed by atoms with E-state index < -0.39 is 5.97 Å². The Morgan fingerprint density at radius 1 is 1.23 bits per heavy atom. The fraction of sp³-hybridized carbons (Fsp3) is 0.263. The molecule has 7 nitrogen and oxygen atoms in total. The lowest BCUT2D eigenvalue weighted by Gasteiger charge is -2.31. The number of piperidine rings is 1. The van der Waals surface area contributed by atoms with Crippen molar-refractivity contribution < 1.29 is 14.4 Å². The number of hydrogen-bond donors (Lipinski definition) is 1. The molecular formula is C19H18N4O3. The average molecular weight is 350 g/mol. The first kappa shape index (κ1) is 16.3. The maximum absolute atomic E-state index is 11.1. The zero-order valence-electron chi connectivity index (χ0n) is 14.1. The molecule has 0 saturated carbocycles. The Labute approximate surface area is 150 Å². The SMILES string of the molecule is O=C(O)c1cccc(-c2noc(C3CCCN(c4ccccn4)C3)n2)c1. The molecule has 132 valence electrons. The molecule has 0 aliphatic carbocycles. The van der Waals surface area contributed by atoms with E-state index in [9.17, 15) is 4.79 Å². The minimum absolute atomic E-state index is 0.134. The highest BCUT2D eigenvalue weighted by atomic mass is 16.5. The normalized spacial score (nSPS) is 17.2. The largest absolute Gasteiger partial charge is 0.478 e. The zero-order valence-corrected chi connectivity index (χ0v) is 14.1. The first-order chi connectivity index (χ1) is 12.7. The maximum atomic E-state index is 11.1. The predicted molar refractivity (Wildman–Crippen MR) is 95.1 cm³/mol. The molecule has 0 amide bonds. The monoisotopic (exact) mass is 350 g/mol. The molecule has 7 heteroatoms. The Morgan fingerprint density at radius 3 is 2.96 bits per heavy atom. The molecule has 26 heavy (non-hydrogen) atoms. The number of aromatic carboxylic acids is 1. The summed E-state index contributed by atoms with van der Waals surface area (Å²) in [5.41, 5.74) is 0.838. The molecule has 0 bridgehead atoms. The lowest BCUT2D eigenvalue weighted by molar-refractivity contribution is 0.0697. The molecule has 1 N–H and O–H groups in total. The summed E-state index contributed by atoms with van der Waals surface area (Å²) in [4.78, 5) is 22.3. The number of pyridine rings is 1. The third-order valence-corrected chi connectivity index (χ3v) is 4.55. The van der Waals surface area contributed by atoms with Gasteiger partial charge in [0.1, 0.15) is 5.82 Å². The van der Waals surface area contributed by atoms with Crippen molar-refractivity contribution in [3.8, 4) is 11.4 Å². The van der Waals surface area contributed by atoms with Gasteiger partial charge >= 0.3 is 5.97 Å². The molecule has 1 aliphatic heterocycles. The molecule has 1 aromatic carbocycles.